The summed E-state index contributed by atoms with van der Waals surface area (Å²) < 4.78 is 23.8. The predicted molar refractivity (Wildman–Crippen MR) is 57.2 cm³/mol. The Morgan fingerprint density at radius 3 is 2.44 bits per heavy atom. The summed E-state index contributed by atoms with van der Waals surface area (Å²) in [6.45, 7) is 0. The molecule has 0 saturated carbocycles. The molecule has 0 N–H and O–H groups in total. The van der Waals surface area contributed by atoms with Gasteiger partial charge in [-0.05, 0) is 12.1 Å². The molecule has 0 spiro atoms. The Morgan fingerprint density at radius 1 is 1.06 bits per heavy atom. The van der Waals surface area contributed by atoms with Gasteiger partial charge in [-0.1, -0.05) is 18.2 Å². The van der Waals surface area contributed by atoms with E-state index in [1.54, 1.807) is 30.3 Å². The average molecular weight is 235 g/mol. The predicted octanol–water partition coefficient (Wildman–Crippen LogP) is 0.846. The quantitative estimate of drug-likeness (QED) is 0.788. The van der Waals surface area contributed by atoms with Gasteiger partial charge in [0.15, 0.2) is 9.84 Å². The van der Waals surface area contributed by atoms with E-state index < -0.39 is 9.84 Å². The number of hydrogen-bond donors (Lipinski definition) is 0. The molecule has 0 fully saturated rings. The van der Waals surface area contributed by atoms with Crippen molar-refractivity contribution in [3.63, 3.8) is 0 Å². The molecular formula is C10H9N3O2S. The van der Waals surface area contributed by atoms with Gasteiger partial charge >= 0.3 is 0 Å². The summed E-state index contributed by atoms with van der Waals surface area (Å²) in [5, 5.41) is 7.08. The van der Waals surface area contributed by atoms with E-state index in [1.807, 2.05) is 0 Å². The van der Waals surface area contributed by atoms with Crippen LogP contribution in [0.3, 0.4) is 0 Å². The molecule has 1 heterocycles. The highest BCUT2D eigenvalue weighted by Gasteiger charge is 2.15. The van der Waals surface area contributed by atoms with Gasteiger partial charge in [-0.15, -0.1) is 5.10 Å². The van der Waals surface area contributed by atoms with Gasteiger partial charge in [0.2, 0.25) is 0 Å². The van der Waals surface area contributed by atoms with E-state index >= 15 is 0 Å². The molecule has 0 amide bonds. The fourth-order valence-electron chi connectivity index (χ4n) is 1.24. The lowest BCUT2D eigenvalue weighted by atomic mass is 10.4. The number of rotatable bonds is 3. The van der Waals surface area contributed by atoms with Crippen LogP contribution in [-0.4, -0.2) is 23.6 Å². The maximum Gasteiger partial charge on any atom is 0.184 e. The first kappa shape index (κ1) is 10.7. The van der Waals surface area contributed by atoms with Gasteiger partial charge in [0.05, 0.1) is 22.5 Å². The van der Waals surface area contributed by atoms with E-state index in [-0.39, 0.29) is 10.6 Å². The number of sulfone groups is 1. The van der Waals surface area contributed by atoms with Gasteiger partial charge < -0.3 is 0 Å². The van der Waals surface area contributed by atoms with E-state index in [4.69, 9.17) is 0 Å². The molecular weight excluding hydrogens is 226 g/mol. The summed E-state index contributed by atoms with van der Waals surface area (Å²) in [5.74, 6) is -0.160. The fraction of sp³-hybridized carbons (Fsp3) is 0.100. The second-order valence-electron chi connectivity index (χ2n) is 3.17. The van der Waals surface area contributed by atoms with Crippen molar-refractivity contribution in [2.45, 2.75) is 10.6 Å². The molecule has 2 aromatic rings. The van der Waals surface area contributed by atoms with Crippen LogP contribution in [0.2, 0.25) is 0 Å². The molecule has 82 valence electrons. The van der Waals surface area contributed by atoms with Crippen LogP contribution in [0.15, 0.2) is 47.8 Å². The highest BCUT2D eigenvalue weighted by atomic mass is 32.2. The van der Waals surface area contributed by atoms with Gasteiger partial charge in [0.25, 0.3) is 0 Å². The fourth-order valence-corrected chi connectivity index (χ4v) is 2.52. The molecule has 2 rings (SSSR count). The van der Waals surface area contributed by atoms with E-state index in [0.717, 1.165) is 0 Å². The van der Waals surface area contributed by atoms with Crippen LogP contribution in [0.1, 0.15) is 5.69 Å². The van der Waals surface area contributed by atoms with Crippen LogP contribution in [0.25, 0.3) is 0 Å². The van der Waals surface area contributed by atoms with Crippen molar-refractivity contribution in [2.24, 2.45) is 0 Å². The number of benzene rings is 1. The third kappa shape index (κ3) is 2.40. The topological polar surface area (TPSA) is 72.8 Å². The van der Waals surface area contributed by atoms with Gasteiger partial charge in [-0.2, -0.15) is 5.10 Å². The second kappa shape index (κ2) is 4.36. The van der Waals surface area contributed by atoms with Crippen molar-refractivity contribution in [2.75, 3.05) is 0 Å². The molecule has 0 aliphatic rings. The Balaban J connectivity index is 2.29. The highest BCUT2D eigenvalue weighted by molar-refractivity contribution is 7.90. The lowest BCUT2D eigenvalue weighted by Gasteiger charge is -2.02. The maximum atomic E-state index is 11.9. The zero-order chi connectivity index (χ0) is 11.4. The summed E-state index contributed by atoms with van der Waals surface area (Å²) >= 11 is 0. The summed E-state index contributed by atoms with van der Waals surface area (Å²) in [6.07, 6.45) is 2.58. The SMILES string of the molecule is O=S(=O)(Cc1cnncn1)c1ccccc1. The Kier molecular flexibility index (Phi) is 2.91. The van der Waals surface area contributed by atoms with Crippen LogP contribution in [0.5, 0.6) is 0 Å². The first-order chi connectivity index (χ1) is 7.68. The first-order valence-corrected chi connectivity index (χ1v) is 6.23. The van der Waals surface area contributed by atoms with Crippen LogP contribution < -0.4 is 0 Å². The third-order valence-electron chi connectivity index (χ3n) is 1.99. The van der Waals surface area contributed by atoms with Gasteiger partial charge in [0.1, 0.15) is 6.33 Å². The zero-order valence-electron chi connectivity index (χ0n) is 8.31. The minimum absolute atomic E-state index is 0.160. The minimum atomic E-state index is -3.34. The molecule has 0 atom stereocenters. The minimum Gasteiger partial charge on any atom is -0.237 e. The Bertz CT molecular complexity index is 555. The molecule has 1 aromatic carbocycles. The zero-order valence-corrected chi connectivity index (χ0v) is 9.13. The Hall–Kier alpha value is -1.82. The van der Waals surface area contributed by atoms with Crippen molar-refractivity contribution in [3.05, 3.63) is 48.5 Å². The summed E-state index contributed by atoms with van der Waals surface area (Å²) in [5.41, 5.74) is 0.388. The molecule has 16 heavy (non-hydrogen) atoms. The number of aromatic nitrogens is 3. The summed E-state index contributed by atoms with van der Waals surface area (Å²) in [6, 6.07) is 8.26. The molecule has 1 aromatic heterocycles. The molecule has 5 nitrogen and oxygen atoms in total. The second-order valence-corrected chi connectivity index (χ2v) is 5.16. The van der Waals surface area contributed by atoms with Crippen LogP contribution in [-0.2, 0) is 15.6 Å². The smallest absolute Gasteiger partial charge is 0.184 e. The number of hydrogen-bond acceptors (Lipinski definition) is 5. The van der Waals surface area contributed by atoms with Crippen LogP contribution in [0, 0.1) is 0 Å². The van der Waals surface area contributed by atoms with Crippen molar-refractivity contribution in [3.8, 4) is 0 Å². The Labute approximate surface area is 93.1 Å². The first-order valence-electron chi connectivity index (χ1n) is 4.58. The Morgan fingerprint density at radius 2 is 1.81 bits per heavy atom. The van der Waals surface area contributed by atoms with Gasteiger partial charge in [-0.25, -0.2) is 13.4 Å². The van der Waals surface area contributed by atoms with Crippen molar-refractivity contribution < 1.29 is 8.42 Å². The number of nitrogens with zero attached hydrogens (tertiary/aromatic N) is 3. The lowest BCUT2D eigenvalue weighted by Crippen LogP contribution is -2.06. The molecule has 6 heteroatoms. The standard InChI is InChI=1S/C10H9N3O2S/c14-16(15,10-4-2-1-3-5-10)7-9-6-12-13-8-11-9/h1-6,8H,7H2. The van der Waals surface area contributed by atoms with Crippen molar-refractivity contribution in [1.82, 2.24) is 15.2 Å². The molecule has 0 bridgehead atoms. The van der Waals surface area contributed by atoms with Gasteiger partial charge in [0, 0.05) is 0 Å². The average Bonchev–Trinajstić information content (AvgIpc) is 2.31. The molecule has 0 unspecified atom stereocenters. The third-order valence-corrected chi connectivity index (χ3v) is 3.66. The summed E-state index contributed by atoms with van der Waals surface area (Å²) in [7, 11) is -3.34. The molecule has 0 aliphatic carbocycles. The highest BCUT2D eigenvalue weighted by Crippen LogP contribution is 2.13. The van der Waals surface area contributed by atoms with E-state index in [2.05, 4.69) is 15.2 Å². The lowest BCUT2D eigenvalue weighted by molar-refractivity contribution is 0.594. The van der Waals surface area contributed by atoms with Crippen LogP contribution >= 0.6 is 0 Å². The largest absolute Gasteiger partial charge is 0.237 e. The van der Waals surface area contributed by atoms with E-state index in [1.165, 1.54) is 12.5 Å². The monoisotopic (exact) mass is 235 g/mol. The van der Waals surface area contributed by atoms with E-state index in [9.17, 15) is 8.42 Å². The molecule has 0 aliphatic heterocycles. The normalized spacial score (nSPS) is 11.2. The summed E-state index contributed by atoms with van der Waals surface area (Å²) in [4.78, 5) is 4.12. The van der Waals surface area contributed by atoms with Gasteiger partial charge in [-0.3, -0.25) is 0 Å². The van der Waals surface area contributed by atoms with Crippen molar-refractivity contribution in [1.29, 1.82) is 0 Å². The van der Waals surface area contributed by atoms with Crippen molar-refractivity contribution >= 4 is 9.84 Å². The van der Waals surface area contributed by atoms with E-state index in [0.29, 0.717) is 5.69 Å². The van der Waals surface area contributed by atoms with Crippen LogP contribution in [0.4, 0.5) is 0 Å². The molecule has 0 saturated heterocycles. The molecule has 0 radical (unpaired) electrons. The maximum absolute atomic E-state index is 11.9.